The molecule has 0 fully saturated rings. The van der Waals surface area contributed by atoms with Crippen LogP contribution in [0.1, 0.15) is 0 Å². The zero-order valence-electron chi connectivity index (χ0n) is 10.2. The van der Waals surface area contributed by atoms with Gasteiger partial charge in [0.15, 0.2) is 5.82 Å². The normalized spacial score (nSPS) is 10.6. The van der Waals surface area contributed by atoms with Crippen molar-refractivity contribution in [3.05, 3.63) is 52.8 Å². The molecule has 0 amide bonds. The third kappa shape index (κ3) is 2.01. The molecule has 0 bridgehead atoms. The number of hydrogen-bond acceptors (Lipinski definition) is 6. The standard InChI is InChI=1S/C13H9N5O2/c14-13-12-10(5-6-15-13)17-11(7-16-12)8-1-3-9(4-2-8)18(19)20/h1-7H,(H2,14,15). The highest BCUT2D eigenvalue weighted by Gasteiger charge is 2.08. The van der Waals surface area contributed by atoms with Gasteiger partial charge >= 0.3 is 0 Å². The molecule has 1 aromatic carbocycles. The lowest BCUT2D eigenvalue weighted by Crippen LogP contribution is -1.96. The summed E-state index contributed by atoms with van der Waals surface area (Å²) in [6.45, 7) is 0. The molecule has 0 aliphatic carbocycles. The van der Waals surface area contributed by atoms with Crippen molar-refractivity contribution in [2.24, 2.45) is 0 Å². The quantitative estimate of drug-likeness (QED) is 0.563. The van der Waals surface area contributed by atoms with Crippen molar-refractivity contribution < 1.29 is 4.92 Å². The number of anilines is 1. The lowest BCUT2D eigenvalue weighted by atomic mass is 10.1. The Morgan fingerprint density at radius 1 is 1.10 bits per heavy atom. The van der Waals surface area contributed by atoms with Crippen molar-refractivity contribution in [2.45, 2.75) is 0 Å². The van der Waals surface area contributed by atoms with E-state index in [-0.39, 0.29) is 5.69 Å². The summed E-state index contributed by atoms with van der Waals surface area (Å²) in [5, 5.41) is 10.6. The molecule has 7 heteroatoms. The molecule has 2 heterocycles. The van der Waals surface area contributed by atoms with Crippen molar-refractivity contribution in [3.8, 4) is 11.3 Å². The first kappa shape index (κ1) is 12.0. The van der Waals surface area contributed by atoms with Crippen LogP contribution in [-0.4, -0.2) is 19.9 Å². The summed E-state index contributed by atoms with van der Waals surface area (Å²) in [6, 6.07) is 7.86. The predicted molar refractivity (Wildman–Crippen MR) is 73.8 cm³/mol. The maximum atomic E-state index is 10.6. The maximum absolute atomic E-state index is 10.6. The molecule has 0 unspecified atom stereocenters. The van der Waals surface area contributed by atoms with Gasteiger partial charge in [-0.15, -0.1) is 0 Å². The molecule has 2 N–H and O–H groups in total. The summed E-state index contributed by atoms with van der Waals surface area (Å²) >= 11 is 0. The molecule has 0 saturated carbocycles. The lowest BCUT2D eigenvalue weighted by molar-refractivity contribution is -0.384. The molecule has 7 nitrogen and oxygen atoms in total. The van der Waals surface area contributed by atoms with Crippen LogP contribution in [0.2, 0.25) is 0 Å². The summed E-state index contributed by atoms with van der Waals surface area (Å²) in [4.78, 5) is 22.8. The highest BCUT2D eigenvalue weighted by molar-refractivity contribution is 5.85. The van der Waals surface area contributed by atoms with Crippen LogP contribution in [0.15, 0.2) is 42.7 Å². The minimum atomic E-state index is -0.442. The van der Waals surface area contributed by atoms with E-state index in [0.717, 1.165) is 5.56 Å². The Morgan fingerprint density at radius 3 is 2.55 bits per heavy atom. The van der Waals surface area contributed by atoms with Gasteiger partial charge in [0, 0.05) is 23.9 Å². The molecule has 0 saturated heterocycles. The Bertz CT molecular complexity index is 801. The van der Waals surface area contributed by atoms with Crippen molar-refractivity contribution in [2.75, 3.05) is 5.73 Å². The Morgan fingerprint density at radius 2 is 1.85 bits per heavy atom. The van der Waals surface area contributed by atoms with E-state index < -0.39 is 4.92 Å². The van der Waals surface area contributed by atoms with Crippen molar-refractivity contribution in [1.29, 1.82) is 0 Å². The number of rotatable bonds is 2. The fraction of sp³-hybridized carbons (Fsp3) is 0. The monoisotopic (exact) mass is 267 g/mol. The van der Waals surface area contributed by atoms with Gasteiger partial charge in [-0.25, -0.2) is 15.0 Å². The molecule has 20 heavy (non-hydrogen) atoms. The van der Waals surface area contributed by atoms with Crippen LogP contribution >= 0.6 is 0 Å². The summed E-state index contributed by atoms with van der Waals surface area (Å²) in [5.74, 6) is 0.324. The van der Waals surface area contributed by atoms with Gasteiger partial charge in [0.25, 0.3) is 5.69 Å². The first-order valence-corrected chi connectivity index (χ1v) is 5.77. The molecule has 0 atom stereocenters. The smallest absolute Gasteiger partial charge is 0.269 e. The third-order valence-corrected chi connectivity index (χ3v) is 2.86. The van der Waals surface area contributed by atoms with Crippen LogP contribution in [-0.2, 0) is 0 Å². The van der Waals surface area contributed by atoms with Gasteiger partial charge in [-0.05, 0) is 18.2 Å². The molecule has 0 aliphatic rings. The van der Waals surface area contributed by atoms with Crippen LogP contribution < -0.4 is 5.73 Å². The first-order valence-electron chi connectivity index (χ1n) is 5.77. The number of nitro benzene ring substituents is 1. The maximum Gasteiger partial charge on any atom is 0.269 e. The number of benzene rings is 1. The Kier molecular flexibility index (Phi) is 2.72. The van der Waals surface area contributed by atoms with Crippen molar-refractivity contribution >= 4 is 22.5 Å². The second-order valence-corrected chi connectivity index (χ2v) is 4.12. The molecule has 0 spiro atoms. The van der Waals surface area contributed by atoms with Gasteiger partial charge in [0.2, 0.25) is 0 Å². The average molecular weight is 267 g/mol. The zero-order valence-corrected chi connectivity index (χ0v) is 10.2. The molecule has 3 rings (SSSR count). The van der Waals surface area contributed by atoms with E-state index in [1.165, 1.54) is 12.1 Å². The number of aromatic nitrogens is 3. The number of hydrogen-bond donors (Lipinski definition) is 1. The first-order chi connectivity index (χ1) is 9.65. The summed E-state index contributed by atoms with van der Waals surface area (Å²) in [5.41, 5.74) is 8.29. The van der Waals surface area contributed by atoms with E-state index in [1.54, 1.807) is 30.6 Å². The highest BCUT2D eigenvalue weighted by atomic mass is 16.6. The number of non-ortho nitro benzene ring substituents is 1. The van der Waals surface area contributed by atoms with E-state index in [1.807, 2.05) is 0 Å². The van der Waals surface area contributed by atoms with Gasteiger partial charge in [0.05, 0.1) is 22.3 Å². The van der Waals surface area contributed by atoms with Crippen molar-refractivity contribution in [3.63, 3.8) is 0 Å². The fourth-order valence-electron chi connectivity index (χ4n) is 1.86. The number of fused-ring (bicyclic) bond motifs is 1. The van der Waals surface area contributed by atoms with E-state index in [2.05, 4.69) is 15.0 Å². The van der Waals surface area contributed by atoms with Gasteiger partial charge in [-0.2, -0.15) is 0 Å². The Labute approximate surface area is 113 Å². The number of nitrogens with two attached hydrogens (primary N) is 1. The predicted octanol–water partition coefficient (Wildman–Crippen LogP) is 2.18. The molecular formula is C13H9N5O2. The number of nitrogens with zero attached hydrogens (tertiary/aromatic N) is 4. The number of nitrogen functional groups attached to an aromatic ring is 1. The van der Waals surface area contributed by atoms with Crippen LogP contribution in [0.3, 0.4) is 0 Å². The topological polar surface area (TPSA) is 108 Å². The van der Waals surface area contributed by atoms with Crippen LogP contribution in [0, 0.1) is 10.1 Å². The second-order valence-electron chi connectivity index (χ2n) is 4.12. The van der Waals surface area contributed by atoms with E-state index in [9.17, 15) is 10.1 Å². The van der Waals surface area contributed by atoms with E-state index in [0.29, 0.717) is 22.5 Å². The van der Waals surface area contributed by atoms with Crippen LogP contribution in [0.5, 0.6) is 0 Å². The summed E-state index contributed by atoms with van der Waals surface area (Å²) in [7, 11) is 0. The third-order valence-electron chi connectivity index (χ3n) is 2.86. The van der Waals surface area contributed by atoms with E-state index >= 15 is 0 Å². The molecular weight excluding hydrogens is 258 g/mol. The van der Waals surface area contributed by atoms with Gasteiger partial charge in [-0.3, -0.25) is 10.1 Å². The highest BCUT2D eigenvalue weighted by Crippen LogP contribution is 2.22. The molecule has 0 radical (unpaired) electrons. The fourth-order valence-corrected chi connectivity index (χ4v) is 1.86. The zero-order chi connectivity index (χ0) is 14.1. The Hall–Kier alpha value is -3.09. The molecule has 2 aromatic heterocycles. The average Bonchev–Trinajstić information content (AvgIpc) is 2.47. The van der Waals surface area contributed by atoms with Crippen LogP contribution in [0.25, 0.3) is 22.3 Å². The van der Waals surface area contributed by atoms with Crippen molar-refractivity contribution in [1.82, 2.24) is 15.0 Å². The summed E-state index contributed by atoms with van der Waals surface area (Å²) in [6.07, 6.45) is 3.13. The van der Waals surface area contributed by atoms with Gasteiger partial charge in [-0.1, -0.05) is 0 Å². The SMILES string of the molecule is Nc1nccc2nc(-c3ccc([N+](=O)[O-])cc3)cnc12. The largest absolute Gasteiger partial charge is 0.382 e. The minimum absolute atomic E-state index is 0.0379. The molecule has 3 aromatic rings. The summed E-state index contributed by atoms with van der Waals surface area (Å²) < 4.78 is 0. The second kappa shape index (κ2) is 4.54. The number of nitro groups is 1. The van der Waals surface area contributed by atoms with E-state index in [4.69, 9.17) is 5.73 Å². The molecule has 0 aliphatic heterocycles. The molecule has 98 valence electrons. The minimum Gasteiger partial charge on any atom is -0.382 e. The Balaban J connectivity index is 2.08. The van der Waals surface area contributed by atoms with Gasteiger partial charge < -0.3 is 5.73 Å². The van der Waals surface area contributed by atoms with Crippen LogP contribution in [0.4, 0.5) is 11.5 Å². The number of pyridine rings is 1. The lowest BCUT2D eigenvalue weighted by Gasteiger charge is -2.03. The van der Waals surface area contributed by atoms with Gasteiger partial charge in [0.1, 0.15) is 5.52 Å².